The van der Waals surface area contributed by atoms with Crippen LogP contribution in [0.1, 0.15) is 16.8 Å². The summed E-state index contributed by atoms with van der Waals surface area (Å²) in [6, 6.07) is 14.0. The second-order valence-corrected chi connectivity index (χ2v) is 7.30. The smallest absolute Gasteiger partial charge is 0.226 e. The van der Waals surface area contributed by atoms with E-state index in [-0.39, 0.29) is 12.3 Å². The molecule has 6 heteroatoms. The highest BCUT2D eigenvalue weighted by Crippen LogP contribution is 2.30. The van der Waals surface area contributed by atoms with Crippen molar-refractivity contribution in [1.82, 2.24) is 10.3 Å². The minimum atomic E-state index is -0.0503. The van der Waals surface area contributed by atoms with Gasteiger partial charge in [0.05, 0.1) is 12.1 Å². The Morgan fingerprint density at radius 3 is 2.70 bits per heavy atom. The second-order valence-electron chi connectivity index (χ2n) is 6.44. The molecule has 0 saturated carbocycles. The Hall–Kier alpha value is -2.86. The van der Waals surface area contributed by atoms with Crippen molar-refractivity contribution in [2.24, 2.45) is 0 Å². The maximum atomic E-state index is 12.3. The van der Waals surface area contributed by atoms with Crippen LogP contribution in [0.25, 0.3) is 10.6 Å². The fraction of sp³-hybridized carbons (Fsp3) is 0.238. The Morgan fingerprint density at radius 2 is 1.89 bits per heavy atom. The molecule has 5 nitrogen and oxygen atoms in total. The molecule has 4 rings (SSSR count). The summed E-state index contributed by atoms with van der Waals surface area (Å²) in [7, 11) is 0. The van der Waals surface area contributed by atoms with Gasteiger partial charge < -0.3 is 14.8 Å². The normalized spacial score (nSPS) is 12.6. The van der Waals surface area contributed by atoms with Gasteiger partial charge in [-0.3, -0.25) is 4.79 Å². The molecule has 27 heavy (non-hydrogen) atoms. The minimum absolute atomic E-state index is 0.0503. The Kier molecular flexibility index (Phi) is 5.07. The number of amides is 1. The lowest BCUT2D eigenvalue weighted by molar-refractivity contribution is -0.120. The minimum Gasteiger partial charge on any atom is -0.486 e. The molecule has 1 aliphatic heterocycles. The SMILES string of the molecule is Cc1ccc(-c2nc(CC(=O)NCc3ccc4c(c3)OCCO4)cs2)cc1. The second kappa shape index (κ2) is 7.80. The van der Waals surface area contributed by atoms with Gasteiger partial charge in [-0.25, -0.2) is 4.98 Å². The number of benzene rings is 2. The lowest BCUT2D eigenvalue weighted by atomic mass is 10.1. The molecule has 0 atom stereocenters. The predicted octanol–water partition coefficient (Wildman–Crippen LogP) is 3.75. The van der Waals surface area contributed by atoms with Crippen LogP contribution in [-0.4, -0.2) is 24.1 Å². The highest BCUT2D eigenvalue weighted by Gasteiger charge is 2.13. The molecule has 0 saturated heterocycles. The molecule has 2 heterocycles. The number of thiazole rings is 1. The summed E-state index contributed by atoms with van der Waals surface area (Å²) in [4.78, 5) is 16.8. The number of aryl methyl sites for hydroxylation is 1. The van der Waals surface area contributed by atoms with Crippen LogP contribution in [-0.2, 0) is 17.8 Å². The molecule has 138 valence electrons. The number of ether oxygens (including phenoxy) is 2. The van der Waals surface area contributed by atoms with Crippen LogP contribution in [0.15, 0.2) is 47.8 Å². The molecule has 0 aliphatic carbocycles. The van der Waals surface area contributed by atoms with Gasteiger partial charge in [-0.15, -0.1) is 11.3 Å². The Morgan fingerprint density at radius 1 is 1.11 bits per heavy atom. The van der Waals surface area contributed by atoms with Crippen LogP contribution in [0.5, 0.6) is 11.5 Å². The van der Waals surface area contributed by atoms with Gasteiger partial charge in [-0.05, 0) is 24.6 Å². The van der Waals surface area contributed by atoms with Gasteiger partial charge in [0.1, 0.15) is 18.2 Å². The van der Waals surface area contributed by atoms with Crippen LogP contribution in [0.3, 0.4) is 0 Å². The summed E-state index contributed by atoms with van der Waals surface area (Å²) >= 11 is 1.56. The summed E-state index contributed by atoms with van der Waals surface area (Å²) in [5.41, 5.74) is 4.06. The Bertz CT molecular complexity index is 950. The van der Waals surface area contributed by atoms with E-state index in [0.717, 1.165) is 33.3 Å². The summed E-state index contributed by atoms with van der Waals surface area (Å²) in [6.45, 7) is 3.63. The van der Waals surface area contributed by atoms with E-state index in [4.69, 9.17) is 9.47 Å². The Balaban J connectivity index is 1.34. The molecular weight excluding hydrogens is 360 g/mol. The number of aromatic nitrogens is 1. The van der Waals surface area contributed by atoms with Gasteiger partial charge in [-0.2, -0.15) is 0 Å². The van der Waals surface area contributed by atoms with Crippen LogP contribution in [0, 0.1) is 6.92 Å². The lowest BCUT2D eigenvalue weighted by Gasteiger charge is -2.18. The zero-order valence-electron chi connectivity index (χ0n) is 15.0. The van der Waals surface area contributed by atoms with Crippen LogP contribution >= 0.6 is 11.3 Å². The summed E-state index contributed by atoms with van der Waals surface area (Å²) in [5, 5.41) is 5.82. The fourth-order valence-electron chi connectivity index (χ4n) is 2.84. The van der Waals surface area contributed by atoms with Gasteiger partial charge in [-0.1, -0.05) is 35.9 Å². The third kappa shape index (κ3) is 4.28. The van der Waals surface area contributed by atoms with Crippen molar-refractivity contribution < 1.29 is 14.3 Å². The highest BCUT2D eigenvalue weighted by molar-refractivity contribution is 7.13. The standard InChI is InChI=1S/C21H20N2O3S/c1-14-2-5-16(6-3-14)21-23-17(13-27-21)11-20(24)22-12-15-4-7-18-19(10-15)26-9-8-25-18/h2-7,10,13H,8-9,11-12H2,1H3,(H,22,24). The molecule has 0 fully saturated rings. The number of nitrogens with zero attached hydrogens (tertiary/aromatic N) is 1. The number of hydrogen-bond acceptors (Lipinski definition) is 5. The molecule has 2 aromatic carbocycles. The van der Waals surface area contributed by atoms with E-state index in [2.05, 4.69) is 41.5 Å². The van der Waals surface area contributed by atoms with Crippen molar-refractivity contribution in [1.29, 1.82) is 0 Å². The van der Waals surface area contributed by atoms with E-state index < -0.39 is 0 Å². The number of fused-ring (bicyclic) bond motifs is 1. The molecule has 1 N–H and O–H groups in total. The van der Waals surface area contributed by atoms with E-state index >= 15 is 0 Å². The number of carbonyl (C=O) groups is 1. The molecular formula is C21H20N2O3S. The molecule has 0 spiro atoms. The summed E-state index contributed by atoms with van der Waals surface area (Å²) in [6.07, 6.45) is 0.271. The number of rotatable bonds is 5. The zero-order chi connectivity index (χ0) is 18.6. The van der Waals surface area contributed by atoms with Crippen LogP contribution in [0.4, 0.5) is 0 Å². The van der Waals surface area contributed by atoms with Crippen molar-refractivity contribution in [3.8, 4) is 22.1 Å². The maximum absolute atomic E-state index is 12.3. The van der Waals surface area contributed by atoms with Gasteiger partial charge in [0.25, 0.3) is 0 Å². The first-order valence-electron chi connectivity index (χ1n) is 8.84. The molecule has 0 unspecified atom stereocenters. The van der Waals surface area contributed by atoms with E-state index in [1.54, 1.807) is 11.3 Å². The van der Waals surface area contributed by atoms with Crippen molar-refractivity contribution in [3.05, 3.63) is 64.7 Å². The topological polar surface area (TPSA) is 60.5 Å². The first-order valence-corrected chi connectivity index (χ1v) is 9.72. The van der Waals surface area contributed by atoms with E-state index in [9.17, 15) is 4.79 Å². The van der Waals surface area contributed by atoms with Crippen LogP contribution in [0.2, 0.25) is 0 Å². The average molecular weight is 380 g/mol. The average Bonchev–Trinajstić information content (AvgIpc) is 3.15. The van der Waals surface area contributed by atoms with Gasteiger partial charge in [0.15, 0.2) is 11.5 Å². The van der Waals surface area contributed by atoms with Crippen molar-refractivity contribution >= 4 is 17.2 Å². The quantitative estimate of drug-likeness (QED) is 0.732. The van der Waals surface area contributed by atoms with E-state index in [0.29, 0.717) is 19.8 Å². The lowest BCUT2D eigenvalue weighted by Crippen LogP contribution is -2.24. The molecule has 1 aliphatic rings. The van der Waals surface area contributed by atoms with Gasteiger partial charge >= 0.3 is 0 Å². The van der Waals surface area contributed by atoms with Crippen molar-refractivity contribution in [2.45, 2.75) is 19.9 Å². The Labute approximate surface area is 162 Å². The third-order valence-electron chi connectivity index (χ3n) is 4.29. The first kappa shape index (κ1) is 17.5. The largest absolute Gasteiger partial charge is 0.486 e. The molecule has 1 aromatic heterocycles. The fourth-order valence-corrected chi connectivity index (χ4v) is 3.67. The number of carbonyl (C=O) groups excluding carboxylic acids is 1. The maximum Gasteiger partial charge on any atom is 0.226 e. The summed E-state index contributed by atoms with van der Waals surface area (Å²) in [5.74, 6) is 1.43. The number of nitrogens with one attached hydrogen (secondary N) is 1. The highest BCUT2D eigenvalue weighted by atomic mass is 32.1. The monoisotopic (exact) mass is 380 g/mol. The summed E-state index contributed by atoms with van der Waals surface area (Å²) < 4.78 is 11.1. The van der Waals surface area contributed by atoms with E-state index in [1.165, 1.54) is 5.56 Å². The first-order chi connectivity index (χ1) is 13.2. The molecule has 0 bridgehead atoms. The third-order valence-corrected chi connectivity index (χ3v) is 5.23. The van der Waals surface area contributed by atoms with E-state index in [1.807, 2.05) is 23.6 Å². The van der Waals surface area contributed by atoms with Crippen LogP contribution < -0.4 is 14.8 Å². The van der Waals surface area contributed by atoms with Crippen molar-refractivity contribution in [3.63, 3.8) is 0 Å². The predicted molar refractivity (Wildman–Crippen MR) is 105 cm³/mol. The van der Waals surface area contributed by atoms with Gasteiger partial charge in [0.2, 0.25) is 5.91 Å². The van der Waals surface area contributed by atoms with Gasteiger partial charge in [0, 0.05) is 17.5 Å². The zero-order valence-corrected chi connectivity index (χ0v) is 15.8. The molecule has 3 aromatic rings. The molecule has 1 amide bonds. The number of hydrogen-bond donors (Lipinski definition) is 1. The van der Waals surface area contributed by atoms with Crippen molar-refractivity contribution in [2.75, 3.05) is 13.2 Å². The molecule has 0 radical (unpaired) electrons.